The maximum atomic E-state index is 13.6. The molecule has 0 radical (unpaired) electrons. The lowest BCUT2D eigenvalue weighted by Gasteiger charge is -2.15. The molecule has 0 saturated heterocycles. The molecule has 1 aromatic heterocycles. The van der Waals surface area contributed by atoms with Crippen LogP contribution in [0.3, 0.4) is 0 Å². The van der Waals surface area contributed by atoms with Gasteiger partial charge in [-0.1, -0.05) is 36.5 Å². The van der Waals surface area contributed by atoms with Crippen LogP contribution in [0.25, 0.3) is 10.6 Å². The highest BCUT2D eigenvalue weighted by Gasteiger charge is 2.35. The van der Waals surface area contributed by atoms with E-state index in [2.05, 4.69) is 10.2 Å². The van der Waals surface area contributed by atoms with Crippen LogP contribution in [0.2, 0.25) is 0 Å². The Morgan fingerprint density at radius 1 is 1.10 bits per heavy atom. The van der Waals surface area contributed by atoms with Crippen LogP contribution in [0.4, 0.5) is 17.6 Å². The number of aliphatic hydroxyl groups is 1. The van der Waals surface area contributed by atoms with Crippen molar-refractivity contribution in [3.8, 4) is 16.3 Å². The topological polar surface area (TPSA) is 55.2 Å². The van der Waals surface area contributed by atoms with Gasteiger partial charge in [0.1, 0.15) is 21.6 Å². The standard InChI is InChI=1S/C22H22F4N2O2S/c1-14(13-29)20-27-28-21(31-20)16-9-10-19(17(12-16)22(24,25)26)30-11-5-4-7-15-6-2-3-8-18(15)23/h2-3,6,8-10,12,14,29H,4-5,7,11,13H2,1H3. The van der Waals surface area contributed by atoms with Crippen LogP contribution in [-0.4, -0.2) is 28.5 Å². The molecule has 9 heteroatoms. The average molecular weight is 454 g/mol. The molecule has 1 N–H and O–H groups in total. The minimum atomic E-state index is -4.59. The smallest absolute Gasteiger partial charge is 0.419 e. The number of nitrogens with zero attached hydrogens (tertiary/aromatic N) is 2. The highest BCUT2D eigenvalue weighted by molar-refractivity contribution is 7.14. The van der Waals surface area contributed by atoms with Gasteiger partial charge in [0.25, 0.3) is 0 Å². The van der Waals surface area contributed by atoms with Crippen LogP contribution in [0.1, 0.15) is 41.8 Å². The number of benzene rings is 2. The normalized spacial score (nSPS) is 12.7. The third kappa shape index (κ3) is 6.01. The zero-order valence-electron chi connectivity index (χ0n) is 16.8. The second kappa shape index (κ2) is 10.2. The second-order valence-electron chi connectivity index (χ2n) is 7.13. The number of unbranched alkanes of at least 4 members (excludes halogenated alkanes) is 1. The molecule has 1 atom stereocenters. The number of aryl methyl sites for hydroxylation is 1. The maximum Gasteiger partial charge on any atom is 0.419 e. The van der Waals surface area contributed by atoms with E-state index in [1.165, 1.54) is 18.2 Å². The van der Waals surface area contributed by atoms with Crippen LogP contribution >= 0.6 is 11.3 Å². The van der Waals surface area contributed by atoms with Gasteiger partial charge in [0.15, 0.2) is 0 Å². The zero-order chi connectivity index (χ0) is 22.4. The van der Waals surface area contributed by atoms with Crippen molar-refractivity contribution in [2.45, 2.75) is 38.3 Å². The molecule has 166 valence electrons. The van der Waals surface area contributed by atoms with Crippen molar-refractivity contribution >= 4 is 11.3 Å². The Bertz CT molecular complexity index is 1010. The van der Waals surface area contributed by atoms with Gasteiger partial charge >= 0.3 is 6.18 Å². The van der Waals surface area contributed by atoms with E-state index in [1.807, 2.05) is 0 Å². The molecule has 0 spiro atoms. The Balaban J connectivity index is 1.66. The molecule has 3 rings (SSSR count). The Morgan fingerprint density at radius 2 is 1.87 bits per heavy atom. The Hall–Kier alpha value is -2.52. The van der Waals surface area contributed by atoms with Crippen LogP contribution in [-0.2, 0) is 12.6 Å². The fourth-order valence-corrected chi connectivity index (χ4v) is 3.82. The summed E-state index contributed by atoms with van der Waals surface area (Å²) in [6.07, 6.45) is -3.01. The number of hydrogen-bond donors (Lipinski definition) is 1. The summed E-state index contributed by atoms with van der Waals surface area (Å²) in [5.74, 6) is -0.775. The van der Waals surface area contributed by atoms with Crippen molar-refractivity contribution in [3.05, 3.63) is 64.4 Å². The van der Waals surface area contributed by atoms with Gasteiger partial charge in [0.05, 0.1) is 18.8 Å². The Morgan fingerprint density at radius 3 is 2.58 bits per heavy atom. The highest BCUT2D eigenvalue weighted by Crippen LogP contribution is 2.39. The zero-order valence-corrected chi connectivity index (χ0v) is 17.6. The number of rotatable bonds is 9. The lowest BCUT2D eigenvalue weighted by atomic mass is 10.1. The van der Waals surface area contributed by atoms with Crippen molar-refractivity contribution < 1.29 is 27.4 Å². The third-order valence-electron chi connectivity index (χ3n) is 4.72. The minimum Gasteiger partial charge on any atom is -0.493 e. The van der Waals surface area contributed by atoms with Gasteiger partial charge < -0.3 is 9.84 Å². The number of aromatic nitrogens is 2. The Labute approximate surface area is 181 Å². The van der Waals surface area contributed by atoms with E-state index >= 15 is 0 Å². The van der Waals surface area contributed by atoms with Crippen molar-refractivity contribution in [2.75, 3.05) is 13.2 Å². The van der Waals surface area contributed by atoms with Gasteiger partial charge in [-0.25, -0.2) is 4.39 Å². The molecule has 0 aliphatic carbocycles. The molecule has 0 aliphatic heterocycles. The summed E-state index contributed by atoms with van der Waals surface area (Å²) in [7, 11) is 0. The molecule has 0 aliphatic rings. The molecule has 0 amide bonds. The molecular weight excluding hydrogens is 432 g/mol. The van der Waals surface area contributed by atoms with Gasteiger partial charge in [0.2, 0.25) is 0 Å². The Kier molecular flexibility index (Phi) is 7.61. The minimum absolute atomic E-state index is 0.0911. The van der Waals surface area contributed by atoms with Crippen molar-refractivity contribution in [1.82, 2.24) is 10.2 Å². The lowest BCUT2D eigenvalue weighted by molar-refractivity contribution is -0.138. The summed E-state index contributed by atoms with van der Waals surface area (Å²) < 4.78 is 59.8. The largest absolute Gasteiger partial charge is 0.493 e. The molecule has 0 bridgehead atoms. The summed E-state index contributed by atoms with van der Waals surface area (Å²) in [6, 6.07) is 10.2. The van der Waals surface area contributed by atoms with Crippen LogP contribution < -0.4 is 4.74 Å². The molecule has 31 heavy (non-hydrogen) atoms. The average Bonchev–Trinajstić information content (AvgIpc) is 3.24. The van der Waals surface area contributed by atoms with E-state index in [9.17, 15) is 22.7 Å². The van der Waals surface area contributed by atoms with Crippen LogP contribution in [0.5, 0.6) is 5.75 Å². The van der Waals surface area contributed by atoms with Crippen molar-refractivity contribution in [3.63, 3.8) is 0 Å². The summed E-state index contributed by atoms with van der Waals surface area (Å²) in [5, 5.41) is 18.0. The van der Waals surface area contributed by atoms with E-state index in [-0.39, 0.29) is 36.3 Å². The molecule has 2 aromatic carbocycles. The van der Waals surface area contributed by atoms with Gasteiger partial charge in [-0.3, -0.25) is 0 Å². The van der Waals surface area contributed by atoms with E-state index in [0.717, 1.165) is 17.4 Å². The molecule has 1 unspecified atom stereocenters. The molecule has 0 saturated carbocycles. The first kappa shape index (κ1) is 23.1. The first-order chi connectivity index (χ1) is 14.8. The van der Waals surface area contributed by atoms with E-state index in [0.29, 0.717) is 34.8 Å². The quantitative estimate of drug-likeness (QED) is 0.325. The fourth-order valence-electron chi connectivity index (χ4n) is 2.94. The van der Waals surface area contributed by atoms with Gasteiger partial charge in [-0.15, -0.1) is 10.2 Å². The van der Waals surface area contributed by atoms with Crippen molar-refractivity contribution in [1.29, 1.82) is 0 Å². The molecular formula is C22H22F4N2O2S. The van der Waals surface area contributed by atoms with Crippen molar-refractivity contribution in [2.24, 2.45) is 0 Å². The molecule has 3 aromatic rings. The number of alkyl halides is 3. The second-order valence-corrected chi connectivity index (χ2v) is 8.14. The number of hydrogen-bond acceptors (Lipinski definition) is 5. The van der Waals surface area contributed by atoms with Gasteiger partial charge in [-0.2, -0.15) is 13.2 Å². The number of halogens is 4. The predicted octanol–water partition coefficient (Wildman–Crippen LogP) is 5.86. The lowest BCUT2D eigenvalue weighted by Crippen LogP contribution is -2.10. The predicted molar refractivity (Wildman–Crippen MR) is 111 cm³/mol. The number of aliphatic hydroxyl groups excluding tert-OH is 1. The first-order valence-corrected chi connectivity index (χ1v) is 10.6. The summed E-state index contributed by atoms with van der Waals surface area (Å²) in [4.78, 5) is 0. The molecule has 1 heterocycles. The van der Waals surface area contributed by atoms with Crippen LogP contribution in [0, 0.1) is 5.82 Å². The molecule has 0 fully saturated rings. The third-order valence-corrected chi connectivity index (χ3v) is 5.93. The monoisotopic (exact) mass is 454 g/mol. The maximum absolute atomic E-state index is 13.6. The van der Waals surface area contributed by atoms with E-state index in [1.54, 1.807) is 25.1 Å². The first-order valence-electron chi connectivity index (χ1n) is 9.81. The van der Waals surface area contributed by atoms with E-state index in [4.69, 9.17) is 4.74 Å². The number of ether oxygens (including phenoxy) is 1. The van der Waals surface area contributed by atoms with E-state index < -0.39 is 11.7 Å². The summed E-state index contributed by atoms with van der Waals surface area (Å²) >= 11 is 1.15. The SMILES string of the molecule is CC(CO)c1nnc(-c2ccc(OCCCCc3ccccc3F)c(C(F)(F)F)c2)s1. The highest BCUT2D eigenvalue weighted by atomic mass is 32.1. The van der Waals surface area contributed by atoms with Gasteiger partial charge in [0, 0.05) is 11.5 Å². The van der Waals surface area contributed by atoms with Crippen LogP contribution in [0.15, 0.2) is 42.5 Å². The summed E-state index contributed by atoms with van der Waals surface area (Å²) in [6.45, 7) is 1.73. The fraction of sp³-hybridized carbons (Fsp3) is 0.364. The molecule has 4 nitrogen and oxygen atoms in total. The van der Waals surface area contributed by atoms with Gasteiger partial charge in [-0.05, 0) is 49.1 Å². The summed E-state index contributed by atoms with van der Waals surface area (Å²) in [5.41, 5.74) is -0.0195.